The second-order valence-corrected chi connectivity index (χ2v) is 6.10. The van der Waals surface area contributed by atoms with E-state index in [1.807, 2.05) is 23.1 Å². The zero-order valence-electron chi connectivity index (χ0n) is 12.1. The largest absolute Gasteiger partial charge is 0.385 e. The summed E-state index contributed by atoms with van der Waals surface area (Å²) in [5, 5.41) is 7.80. The summed E-state index contributed by atoms with van der Waals surface area (Å²) >= 11 is 0. The van der Waals surface area contributed by atoms with Gasteiger partial charge in [-0.1, -0.05) is 39.0 Å². The summed E-state index contributed by atoms with van der Waals surface area (Å²) in [6.07, 6.45) is 4.96. The Labute approximate surface area is 115 Å². The molecule has 3 nitrogen and oxygen atoms in total. The van der Waals surface area contributed by atoms with Crippen LogP contribution in [0.25, 0.3) is 0 Å². The van der Waals surface area contributed by atoms with Gasteiger partial charge >= 0.3 is 0 Å². The Morgan fingerprint density at radius 1 is 1.16 bits per heavy atom. The number of hydrogen-bond donors (Lipinski definition) is 1. The number of nitrogens with one attached hydrogen (secondary N) is 1. The van der Waals surface area contributed by atoms with Gasteiger partial charge in [-0.25, -0.2) is 0 Å². The molecule has 0 atom stereocenters. The Kier molecular flexibility index (Phi) is 4.25. The fourth-order valence-corrected chi connectivity index (χ4v) is 1.97. The van der Waals surface area contributed by atoms with Crippen LogP contribution in [0.15, 0.2) is 42.7 Å². The Morgan fingerprint density at radius 2 is 1.95 bits per heavy atom. The molecule has 1 aromatic carbocycles. The number of benzene rings is 1. The van der Waals surface area contributed by atoms with Crippen LogP contribution in [0, 0.1) is 5.41 Å². The van der Waals surface area contributed by atoms with E-state index in [1.54, 1.807) is 0 Å². The minimum absolute atomic E-state index is 0.365. The first kappa shape index (κ1) is 13.7. The molecule has 0 aliphatic rings. The molecule has 0 bridgehead atoms. The molecule has 0 spiro atoms. The molecule has 102 valence electrons. The first-order valence-corrected chi connectivity index (χ1v) is 6.84. The second kappa shape index (κ2) is 5.91. The lowest BCUT2D eigenvalue weighted by atomic mass is 9.92. The molecule has 1 heterocycles. The van der Waals surface area contributed by atoms with Gasteiger partial charge in [0.05, 0.1) is 6.54 Å². The molecule has 19 heavy (non-hydrogen) atoms. The summed E-state index contributed by atoms with van der Waals surface area (Å²) in [5.74, 6) is 0. The quantitative estimate of drug-likeness (QED) is 0.883. The minimum atomic E-state index is 0.365. The molecule has 0 amide bonds. The molecule has 0 radical (unpaired) electrons. The van der Waals surface area contributed by atoms with Crippen molar-refractivity contribution >= 4 is 5.69 Å². The van der Waals surface area contributed by atoms with Gasteiger partial charge in [0.1, 0.15) is 0 Å². The van der Waals surface area contributed by atoms with Gasteiger partial charge in [0.2, 0.25) is 0 Å². The highest BCUT2D eigenvalue weighted by atomic mass is 15.3. The average molecular weight is 257 g/mol. The van der Waals surface area contributed by atoms with E-state index in [1.165, 1.54) is 11.3 Å². The Bertz CT molecular complexity index is 495. The first-order valence-electron chi connectivity index (χ1n) is 6.84. The lowest BCUT2D eigenvalue weighted by Gasteiger charge is -2.19. The maximum Gasteiger partial charge on any atom is 0.0679 e. The molecule has 0 aliphatic carbocycles. The molecule has 0 unspecified atom stereocenters. The molecule has 0 aliphatic heterocycles. The molecule has 0 saturated carbocycles. The Balaban J connectivity index is 2.00. The second-order valence-electron chi connectivity index (χ2n) is 6.10. The van der Waals surface area contributed by atoms with E-state index in [4.69, 9.17) is 0 Å². The average Bonchev–Trinajstić information content (AvgIpc) is 2.82. The maximum absolute atomic E-state index is 4.26. The van der Waals surface area contributed by atoms with E-state index in [-0.39, 0.29) is 0 Å². The fourth-order valence-electron chi connectivity index (χ4n) is 1.97. The smallest absolute Gasteiger partial charge is 0.0679 e. The fraction of sp³-hybridized carbons (Fsp3) is 0.438. The highest BCUT2D eigenvalue weighted by molar-refractivity contribution is 5.51. The van der Waals surface area contributed by atoms with Gasteiger partial charge < -0.3 is 5.32 Å². The number of anilines is 1. The monoisotopic (exact) mass is 257 g/mol. The van der Waals surface area contributed by atoms with Gasteiger partial charge in [0, 0.05) is 24.6 Å². The summed E-state index contributed by atoms with van der Waals surface area (Å²) < 4.78 is 1.95. The topological polar surface area (TPSA) is 29.9 Å². The van der Waals surface area contributed by atoms with Crippen molar-refractivity contribution in [2.75, 3.05) is 11.9 Å². The predicted octanol–water partition coefficient (Wildman–Crippen LogP) is 3.78. The van der Waals surface area contributed by atoms with Crippen molar-refractivity contribution in [1.29, 1.82) is 0 Å². The Morgan fingerprint density at radius 3 is 2.63 bits per heavy atom. The van der Waals surface area contributed by atoms with Gasteiger partial charge in [-0.15, -0.1) is 0 Å². The van der Waals surface area contributed by atoms with Gasteiger partial charge in [-0.3, -0.25) is 4.68 Å². The third-order valence-electron chi connectivity index (χ3n) is 3.10. The molecule has 1 aromatic heterocycles. The van der Waals surface area contributed by atoms with Crippen molar-refractivity contribution in [2.24, 2.45) is 5.41 Å². The van der Waals surface area contributed by atoms with Gasteiger partial charge in [0.25, 0.3) is 0 Å². The zero-order valence-corrected chi connectivity index (χ0v) is 12.1. The van der Waals surface area contributed by atoms with E-state index in [2.05, 4.69) is 55.5 Å². The zero-order chi connectivity index (χ0) is 13.7. The molecular formula is C16H23N3. The van der Waals surface area contributed by atoms with Crippen molar-refractivity contribution in [3.63, 3.8) is 0 Å². The van der Waals surface area contributed by atoms with Crippen LogP contribution in [0.2, 0.25) is 0 Å². The van der Waals surface area contributed by atoms with Crippen molar-refractivity contribution in [1.82, 2.24) is 9.78 Å². The van der Waals surface area contributed by atoms with Crippen LogP contribution in [0.5, 0.6) is 0 Å². The highest BCUT2D eigenvalue weighted by Gasteiger charge is 2.10. The van der Waals surface area contributed by atoms with Gasteiger partial charge in [0.15, 0.2) is 0 Å². The summed E-state index contributed by atoms with van der Waals surface area (Å²) in [6.45, 7) is 8.62. The molecule has 2 aromatic rings. The maximum atomic E-state index is 4.26. The van der Waals surface area contributed by atoms with Crippen LogP contribution >= 0.6 is 0 Å². The van der Waals surface area contributed by atoms with Crippen molar-refractivity contribution in [3.05, 3.63) is 48.3 Å². The van der Waals surface area contributed by atoms with E-state index < -0.39 is 0 Å². The molecule has 1 N–H and O–H groups in total. The third-order valence-corrected chi connectivity index (χ3v) is 3.10. The van der Waals surface area contributed by atoms with E-state index >= 15 is 0 Å². The highest BCUT2D eigenvalue weighted by Crippen LogP contribution is 2.20. The van der Waals surface area contributed by atoms with Crippen LogP contribution in [0.4, 0.5) is 5.69 Å². The molecule has 3 heteroatoms. The van der Waals surface area contributed by atoms with Crippen molar-refractivity contribution < 1.29 is 0 Å². The summed E-state index contributed by atoms with van der Waals surface area (Å²) in [5.41, 5.74) is 2.85. The lowest BCUT2D eigenvalue weighted by molar-refractivity contribution is 0.389. The molecule has 2 rings (SSSR count). The SMILES string of the molecule is CC(C)(C)CCNc1ccccc1Cn1cccn1. The number of hydrogen-bond acceptors (Lipinski definition) is 2. The summed E-state index contributed by atoms with van der Waals surface area (Å²) in [7, 11) is 0. The van der Waals surface area contributed by atoms with Crippen molar-refractivity contribution in [2.45, 2.75) is 33.7 Å². The van der Waals surface area contributed by atoms with Gasteiger partial charge in [-0.05, 0) is 29.5 Å². The lowest BCUT2D eigenvalue weighted by Crippen LogP contribution is -2.14. The van der Waals surface area contributed by atoms with Crippen LogP contribution in [-0.2, 0) is 6.54 Å². The number of para-hydroxylation sites is 1. The van der Waals surface area contributed by atoms with Crippen LogP contribution in [0.3, 0.4) is 0 Å². The number of rotatable bonds is 5. The van der Waals surface area contributed by atoms with Gasteiger partial charge in [-0.2, -0.15) is 5.10 Å². The summed E-state index contributed by atoms with van der Waals surface area (Å²) in [4.78, 5) is 0. The number of nitrogens with zero attached hydrogens (tertiary/aromatic N) is 2. The Hall–Kier alpha value is -1.77. The first-order chi connectivity index (χ1) is 9.04. The molecule has 0 saturated heterocycles. The van der Waals surface area contributed by atoms with E-state index in [0.717, 1.165) is 19.5 Å². The summed E-state index contributed by atoms with van der Waals surface area (Å²) in [6, 6.07) is 10.4. The predicted molar refractivity (Wildman–Crippen MR) is 80.3 cm³/mol. The minimum Gasteiger partial charge on any atom is -0.385 e. The third kappa shape index (κ3) is 4.43. The number of aromatic nitrogens is 2. The van der Waals surface area contributed by atoms with Crippen LogP contribution in [0.1, 0.15) is 32.8 Å². The molecular weight excluding hydrogens is 234 g/mol. The van der Waals surface area contributed by atoms with Crippen LogP contribution in [-0.4, -0.2) is 16.3 Å². The molecule has 0 fully saturated rings. The standard InChI is InChI=1S/C16H23N3/c1-16(2,3)9-11-17-15-8-5-4-7-14(15)13-19-12-6-10-18-19/h4-8,10,12,17H,9,11,13H2,1-3H3. The van der Waals surface area contributed by atoms with Crippen LogP contribution < -0.4 is 5.32 Å². The van der Waals surface area contributed by atoms with E-state index in [9.17, 15) is 0 Å². The normalized spacial score (nSPS) is 11.5. The van der Waals surface area contributed by atoms with E-state index in [0.29, 0.717) is 5.41 Å². The van der Waals surface area contributed by atoms with Crippen molar-refractivity contribution in [3.8, 4) is 0 Å².